The van der Waals surface area contributed by atoms with Gasteiger partial charge in [0.1, 0.15) is 0 Å². The number of benzene rings is 6. The zero-order chi connectivity index (χ0) is 38.1. The molecule has 4 aliphatic rings. The monoisotopic (exact) mass is 713 g/mol. The van der Waals surface area contributed by atoms with Crippen LogP contribution in [0.2, 0.25) is 0 Å². The van der Waals surface area contributed by atoms with Crippen molar-refractivity contribution in [3.8, 4) is 22.3 Å². The second-order valence-corrected chi connectivity index (χ2v) is 18.9. The largest absolute Gasteiger partial charge is 0.309 e. The molecule has 6 aromatic rings. The van der Waals surface area contributed by atoms with E-state index in [0.29, 0.717) is 5.92 Å². The number of anilines is 3. The Hall–Kier alpha value is -5.40. The summed E-state index contributed by atoms with van der Waals surface area (Å²) in [7, 11) is 0. The average Bonchev–Trinajstić information content (AvgIpc) is 3.74. The van der Waals surface area contributed by atoms with Crippen molar-refractivity contribution in [2.75, 3.05) is 4.90 Å². The maximum atomic E-state index is 2.66. The van der Waals surface area contributed by atoms with Gasteiger partial charge in [-0.3, -0.25) is 0 Å². The van der Waals surface area contributed by atoms with E-state index in [9.17, 15) is 0 Å². The van der Waals surface area contributed by atoms with E-state index in [1.807, 2.05) is 0 Å². The second-order valence-electron chi connectivity index (χ2n) is 18.9. The van der Waals surface area contributed by atoms with Crippen molar-refractivity contribution in [3.63, 3.8) is 0 Å². The van der Waals surface area contributed by atoms with E-state index in [-0.39, 0.29) is 27.6 Å². The molecule has 6 aromatic carbocycles. The molecule has 0 N–H and O–H groups in total. The van der Waals surface area contributed by atoms with Gasteiger partial charge in [0.2, 0.25) is 0 Å². The van der Waals surface area contributed by atoms with Crippen LogP contribution in [0, 0.1) is 11.3 Å². The number of hydrogen-bond donors (Lipinski definition) is 0. The van der Waals surface area contributed by atoms with Gasteiger partial charge in [-0.05, 0) is 90.7 Å². The lowest BCUT2D eigenvalue weighted by Crippen LogP contribution is -2.34. The van der Waals surface area contributed by atoms with E-state index in [0.717, 1.165) is 0 Å². The second kappa shape index (κ2) is 11.6. The molecule has 0 radical (unpaired) electrons. The Bertz CT molecular complexity index is 2600. The fraction of sp³-hybridized carbons (Fsp3) is 0.259. The summed E-state index contributed by atoms with van der Waals surface area (Å²) in [4.78, 5) is 2.57. The third-order valence-corrected chi connectivity index (χ3v) is 13.5. The minimum atomic E-state index is -0.347. The average molecular weight is 714 g/mol. The molecule has 0 aliphatic heterocycles. The molecular formula is C54H51N. The molecule has 272 valence electrons. The third-order valence-electron chi connectivity index (χ3n) is 13.5. The lowest BCUT2D eigenvalue weighted by molar-refractivity contribution is 0.439. The Balaban J connectivity index is 1.31. The van der Waals surface area contributed by atoms with Crippen LogP contribution in [0.5, 0.6) is 0 Å². The fourth-order valence-electron chi connectivity index (χ4n) is 10.8. The van der Waals surface area contributed by atoms with Gasteiger partial charge in [0, 0.05) is 34.1 Å². The SMILES string of the molecule is CC(C)(C)C1=CC2C(C=C1)c1ccc(C(C)(C)C)cc1C21c2ccccc2-c2c(N(c3ccccc3)c3cccc4c3-c3ccccc3C4(C)C)cccc21. The molecule has 1 spiro atoms. The highest BCUT2D eigenvalue weighted by molar-refractivity contribution is 6.01. The molecule has 0 saturated carbocycles. The van der Waals surface area contributed by atoms with Crippen molar-refractivity contribution in [2.45, 2.75) is 77.6 Å². The molecule has 0 amide bonds. The van der Waals surface area contributed by atoms with Crippen molar-refractivity contribution in [1.29, 1.82) is 0 Å². The zero-order valence-electron chi connectivity index (χ0n) is 33.5. The Morgan fingerprint density at radius 2 is 1.11 bits per heavy atom. The first-order chi connectivity index (χ1) is 26.3. The van der Waals surface area contributed by atoms with Gasteiger partial charge in [-0.15, -0.1) is 0 Å². The van der Waals surface area contributed by atoms with Crippen LogP contribution in [0.15, 0.2) is 157 Å². The van der Waals surface area contributed by atoms with Gasteiger partial charge in [0.05, 0.1) is 16.8 Å². The first kappa shape index (κ1) is 34.1. The minimum absolute atomic E-state index is 0.0247. The fourth-order valence-corrected chi connectivity index (χ4v) is 10.8. The highest BCUT2D eigenvalue weighted by atomic mass is 15.1. The van der Waals surface area contributed by atoms with Gasteiger partial charge in [-0.2, -0.15) is 0 Å². The summed E-state index contributed by atoms with van der Waals surface area (Å²) in [5.74, 6) is 0.535. The summed E-state index contributed by atoms with van der Waals surface area (Å²) in [5.41, 5.74) is 20.0. The lowest BCUT2D eigenvalue weighted by atomic mass is 9.63. The first-order valence-electron chi connectivity index (χ1n) is 20.2. The van der Waals surface area contributed by atoms with Gasteiger partial charge in [-0.1, -0.05) is 183 Å². The van der Waals surface area contributed by atoms with Crippen LogP contribution in [-0.4, -0.2) is 0 Å². The minimum Gasteiger partial charge on any atom is -0.309 e. The maximum Gasteiger partial charge on any atom is 0.0543 e. The number of rotatable bonds is 3. The van der Waals surface area contributed by atoms with E-state index >= 15 is 0 Å². The molecule has 0 fully saturated rings. The predicted molar refractivity (Wildman–Crippen MR) is 232 cm³/mol. The summed E-state index contributed by atoms with van der Waals surface area (Å²) in [6.45, 7) is 18.9. The molecule has 3 atom stereocenters. The molecule has 1 nitrogen and oxygen atoms in total. The summed E-state index contributed by atoms with van der Waals surface area (Å²) in [5, 5.41) is 0. The number of fused-ring (bicyclic) bond motifs is 13. The summed E-state index contributed by atoms with van der Waals surface area (Å²) < 4.78 is 0. The van der Waals surface area contributed by atoms with E-state index in [1.165, 1.54) is 83.8 Å². The van der Waals surface area contributed by atoms with Crippen molar-refractivity contribution in [3.05, 3.63) is 196 Å². The van der Waals surface area contributed by atoms with Gasteiger partial charge in [0.15, 0.2) is 0 Å². The summed E-state index contributed by atoms with van der Waals surface area (Å²) in [6.07, 6.45) is 7.62. The normalized spacial score (nSPS) is 21.0. The van der Waals surface area contributed by atoms with Crippen LogP contribution in [-0.2, 0) is 16.2 Å². The van der Waals surface area contributed by atoms with Crippen LogP contribution in [0.4, 0.5) is 17.1 Å². The molecule has 4 aliphatic carbocycles. The van der Waals surface area contributed by atoms with E-state index < -0.39 is 0 Å². The number of allylic oxidation sites excluding steroid dienone is 4. The highest BCUT2D eigenvalue weighted by Crippen LogP contribution is 2.68. The van der Waals surface area contributed by atoms with Crippen molar-refractivity contribution in [2.24, 2.45) is 11.3 Å². The standard InChI is InChI=1S/C54H51N/c1-51(2,3)34-28-30-37-38-31-29-35(52(4,5)6)33-46(38)54(45(37)32-34)42-23-15-13-21-40(42)50-44(54)25-17-27-48(50)55(36-18-10-9-11-19-36)47-26-16-24-43-49(47)39-20-12-14-22-41(39)53(43,7)8/h9-33,37,45H,1-8H3. The quantitative estimate of drug-likeness (QED) is 0.176. The van der Waals surface area contributed by atoms with E-state index in [1.54, 1.807) is 0 Å². The van der Waals surface area contributed by atoms with Crippen LogP contribution in [0.1, 0.15) is 100 Å². The van der Waals surface area contributed by atoms with Gasteiger partial charge >= 0.3 is 0 Å². The summed E-state index contributed by atoms with van der Waals surface area (Å²) in [6, 6.07) is 51.1. The molecule has 10 rings (SSSR count). The van der Waals surface area contributed by atoms with Crippen LogP contribution < -0.4 is 4.90 Å². The molecule has 0 heterocycles. The van der Waals surface area contributed by atoms with Crippen LogP contribution in [0.25, 0.3) is 22.3 Å². The number of nitrogens with zero attached hydrogens (tertiary/aromatic N) is 1. The Kier molecular flexibility index (Phi) is 7.17. The van der Waals surface area contributed by atoms with Crippen LogP contribution in [0.3, 0.4) is 0 Å². The summed E-state index contributed by atoms with van der Waals surface area (Å²) >= 11 is 0. The highest BCUT2D eigenvalue weighted by Gasteiger charge is 2.58. The first-order valence-corrected chi connectivity index (χ1v) is 20.2. The van der Waals surface area contributed by atoms with Gasteiger partial charge in [0.25, 0.3) is 0 Å². The van der Waals surface area contributed by atoms with E-state index in [4.69, 9.17) is 0 Å². The molecule has 0 aromatic heterocycles. The molecule has 0 bridgehead atoms. The van der Waals surface area contributed by atoms with Crippen molar-refractivity contribution >= 4 is 17.1 Å². The predicted octanol–water partition coefficient (Wildman–Crippen LogP) is 14.3. The van der Waals surface area contributed by atoms with E-state index in [2.05, 4.69) is 212 Å². The molecular weight excluding hydrogens is 663 g/mol. The number of hydrogen-bond acceptors (Lipinski definition) is 1. The van der Waals surface area contributed by atoms with Gasteiger partial charge < -0.3 is 4.90 Å². The molecule has 55 heavy (non-hydrogen) atoms. The van der Waals surface area contributed by atoms with Crippen molar-refractivity contribution in [1.82, 2.24) is 0 Å². The molecule has 3 unspecified atom stereocenters. The van der Waals surface area contributed by atoms with Gasteiger partial charge in [-0.25, -0.2) is 0 Å². The lowest BCUT2D eigenvalue weighted by Gasteiger charge is -2.39. The topological polar surface area (TPSA) is 3.24 Å². The number of para-hydroxylation sites is 1. The molecule has 0 saturated heterocycles. The Labute approximate surface area is 328 Å². The van der Waals surface area contributed by atoms with Crippen LogP contribution >= 0.6 is 0 Å². The Morgan fingerprint density at radius 3 is 1.78 bits per heavy atom. The maximum absolute atomic E-state index is 2.66. The zero-order valence-corrected chi connectivity index (χ0v) is 33.5. The molecule has 1 heteroatoms. The Morgan fingerprint density at radius 1 is 0.527 bits per heavy atom. The smallest absolute Gasteiger partial charge is 0.0543 e. The third kappa shape index (κ3) is 4.65. The van der Waals surface area contributed by atoms with Crippen molar-refractivity contribution < 1.29 is 0 Å².